The summed E-state index contributed by atoms with van der Waals surface area (Å²) in [5.41, 5.74) is 0. The SMILES string of the molecule is Oc1cc2cc(c1)OCCOCCOCCOCCOc1cccc(c1)OCCOCCOCCOCCO2. The number of phenols is 1. The molecule has 1 aliphatic rings. The maximum absolute atomic E-state index is 9.93. The van der Waals surface area contributed by atoms with Gasteiger partial charge in [-0.05, 0) is 12.1 Å². The zero-order valence-electron chi connectivity index (χ0n) is 22.4. The van der Waals surface area contributed by atoms with Gasteiger partial charge in [-0.15, -0.1) is 0 Å². The van der Waals surface area contributed by atoms with Crippen molar-refractivity contribution in [3.63, 3.8) is 0 Å². The van der Waals surface area contributed by atoms with Gasteiger partial charge in [0.05, 0.1) is 79.3 Å². The molecule has 218 valence electrons. The summed E-state index contributed by atoms with van der Waals surface area (Å²) in [7, 11) is 0. The third-order valence-corrected chi connectivity index (χ3v) is 5.14. The second-order valence-corrected chi connectivity index (χ2v) is 8.21. The van der Waals surface area contributed by atoms with Crippen LogP contribution in [0, 0.1) is 0 Å². The van der Waals surface area contributed by atoms with Crippen molar-refractivity contribution in [3.8, 4) is 28.7 Å². The van der Waals surface area contributed by atoms with Crippen LogP contribution in [0.15, 0.2) is 42.5 Å². The normalized spacial score (nSPS) is 19.0. The van der Waals surface area contributed by atoms with Crippen LogP contribution in [0.3, 0.4) is 0 Å². The van der Waals surface area contributed by atoms with Gasteiger partial charge in [-0.2, -0.15) is 0 Å². The molecule has 0 unspecified atom stereocenters. The van der Waals surface area contributed by atoms with E-state index >= 15 is 0 Å². The molecule has 11 nitrogen and oxygen atoms in total. The van der Waals surface area contributed by atoms with Crippen molar-refractivity contribution in [3.05, 3.63) is 42.5 Å². The molecule has 4 bridgehead atoms. The summed E-state index contributed by atoms with van der Waals surface area (Å²) in [6.45, 7) is 6.84. The Morgan fingerprint density at radius 1 is 0.359 bits per heavy atom. The van der Waals surface area contributed by atoms with Crippen molar-refractivity contribution in [1.29, 1.82) is 0 Å². The van der Waals surface area contributed by atoms with E-state index < -0.39 is 0 Å². The number of hydrogen-bond donors (Lipinski definition) is 1. The first-order chi connectivity index (χ1) is 19.3. The van der Waals surface area contributed by atoms with Crippen LogP contribution in [0.25, 0.3) is 0 Å². The highest BCUT2D eigenvalue weighted by molar-refractivity contribution is 5.41. The Labute approximate surface area is 229 Å². The lowest BCUT2D eigenvalue weighted by Crippen LogP contribution is -2.14. The number of hydrogen-bond acceptors (Lipinski definition) is 11. The number of ether oxygens (including phenoxy) is 10. The van der Waals surface area contributed by atoms with Gasteiger partial charge in [0.15, 0.2) is 0 Å². The molecule has 0 aliphatic carbocycles. The molecular weight excluding hydrogens is 512 g/mol. The summed E-state index contributed by atoms with van der Waals surface area (Å²) in [5.74, 6) is 2.47. The first kappa shape index (κ1) is 30.7. The van der Waals surface area contributed by atoms with Gasteiger partial charge in [0.25, 0.3) is 0 Å². The monoisotopic (exact) mass is 552 g/mol. The molecule has 0 saturated heterocycles. The van der Waals surface area contributed by atoms with Gasteiger partial charge in [-0.1, -0.05) is 6.07 Å². The van der Waals surface area contributed by atoms with E-state index in [4.69, 9.17) is 47.4 Å². The molecule has 0 fully saturated rings. The minimum absolute atomic E-state index is 0.0553. The van der Waals surface area contributed by atoms with Crippen molar-refractivity contribution >= 4 is 0 Å². The molecular formula is C28H40O11. The smallest absolute Gasteiger partial charge is 0.126 e. The van der Waals surface area contributed by atoms with Crippen LogP contribution < -0.4 is 18.9 Å². The number of aromatic hydroxyl groups is 1. The lowest BCUT2D eigenvalue weighted by atomic mass is 10.3. The van der Waals surface area contributed by atoms with Crippen molar-refractivity contribution in [1.82, 2.24) is 0 Å². The molecule has 1 heterocycles. The van der Waals surface area contributed by atoms with E-state index in [-0.39, 0.29) is 5.75 Å². The van der Waals surface area contributed by atoms with Crippen molar-refractivity contribution in [2.45, 2.75) is 0 Å². The van der Waals surface area contributed by atoms with E-state index in [0.717, 1.165) is 0 Å². The van der Waals surface area contributed by atoms with Gasteiger partial charge in [0.2, 0.25) is 0 Å². The fraction of sp³-hybridized carbons (Fsp3) is 0.571. The highest BCUT2D eigenvalue weighted by Gasteiger charge is 2.04. The first-order valence-electron chi connectivity index (χ1n) is 13.2. The molecule has 39 heavy (non-hydrogen) atoms. The Bertz CT molecular complexity index is 832. The standard InChI is InChI=1S/C28H40O11/c29-24-20-27-23-28(21-24)39-19-15-35-11-7-31-5-9-33-13-17-37-26-3-1-2-25(22-26)36-16-12-32-8-4-30-6-10-34-14-18-38-27/h1-3,20-23,29H,4-19H2. The van der Waals surface area contributed by atoms with Crippen molar-refractivity contribution in [2.24, 2.45) is 0 Å². The molecule has 0 aromatic heterocycles. The highest BCUT2D eigenvalue weighted by atomic mass is 16.6. The van der Waals surface area contributed by atoms with Crippen molar-refractivity contribution < 1.29 is 52.5 Å². The quantitative estimate of drug-likeness (QED) is 0.521. The van der Waals surface area contributed by atoms with Crippen molar-refractivity contribution in [2.75, 3.05) is 106 Å². The summed E-state index contributed by atoms with van der Waals surface area (Å²) in [4.78, 5) is 0. The minimum atomic E-state index is 0.0553. The zero-order valence-corrected chi connectivity index (χ0v) is 22.4. The van der Waals surface area contributed by atoms with Crippen LogP contribution >= 0.6 is 0 Å². The van der Waals surface area contributed by atoms with Gasteiger partial charge in [-0.25, -0.2) is 0 Å². The van der Waals surface area contributed by atoms with Gasteiger partial charge in [-0.3, -0.25) is 0 Å². The summed E-state index contributed by atoms with van der Waals surface area (Å²) >= 11 is 0. The Hall–Kier alpha value is -2.80. The summed E-state index contributed by atoms with van der Waals surface area (Å²) in [5, 5.41) is 9.93. The second kappa shape index (κ2) is 20.2. The molecule has 0 atom stereocenters. The number of benzene rings is 2. The molecule has 1 aliphatic heterocycles. The van der Waals surface area contributed by atoms with E-state index in [9.17, 15) is 5.11 Å². The highest BCUT2D eigenvalue weighted by Crippen LogP contribution is 2.27. The minimum Gasteiger partial charge on any atom is -0.508 e. The second-order valence-electron chi connectivity index (χ2n) is 8.21. The topological polar surface area (TPSA) is 113 Å². The summed E-state index contributed by atoms with van der Waals surface area (Å²) in [6, 6.07) is 12.2. The lowest BCUT2D eigenvalue weighted by Gasteiger charge is -2.12. The summed E-state index contributed by atoms with van der Waals surface area (Å²) < 4.78 is 55.9. The third kappa shape index (κ3) is 14.8. The average molecular weight is 553 g/mol. The molecule has 2 aromatic carbocycles. The van der Waals surface area contributed by atoms with Crippen LogP contribution in [0.4, 0.5) is 0 Å². The lowest BCUT2D eigenvalue weighted by molar-refractivity contribution is 0.00433. The zero-order chi connectivity index (χ0) is 27.2. The molecule has 11 heteroatoms. The summed E-state index contributed by atoms with van der Waals surface area (Å²) in [6.07, 6.45) is 0. The van der Waals surface area contributed by atoms with Crippen LogP contribution in [0.1, 0.15) is 0 Å². The van der Waals surface area contributed by atoms with E-state index in [2.05, 4.69) is 0 Å². The van der Waals surface area contributed by atoms with Gasteiger partial charge < -0.3 is 52.5 Å². The van der Waals surface area contributed by atoms with Gasteiger partial charge in [0.1, 0.15) is 55.2 Å². The van der Waals surface area contributed by atoms with Gasteiger partial charge >= 0.3 is 0 Å². The molecule has 0 amide bonds. The van der Waals surface area contributed by atoms with E-state index in [1.807, 2.05) is 24.3 Å². The molecule has 0 saturated carbocycles. The Morgan fingerprint density at radius 2 is 0.641 bits per heavy atom. The Morgan fingerprint density at radius 3 is 1.00 bits per heavy atom. The average Bonchev–Trinajstić information content (AvgIpc) is 2.93. The maximum Gasteiger partial charge on any atom is 0.126 e. The number of phenolic OH excluding ortho intramolecular Hbond substituents is 1. The maximum atomic E-state index is 9.93. The predicted molar refractivity (Wildman–Crippen MR) is 141 cm³/mol. The molecule has 1 N–H and O–H groups in total. The van der Waals surface area contributed by atoms with Crippen LogP contribution in [0.5, 0.6) is 28.7 Å². The predicted octanol–water partition coefficient (Wildman–Crippen LogP) is 2.72. The molecule has 2 aromatic rings. The Balaban J connectivity index is 1.36. The molecule has 0 radical (unpaired) electrons. The van der Waals surface area contributed by atoms with Gasteiger partial charge in [0, 0.05) is 24.3 Å². The van der Waals surface area contributed by atoms with E-state index in [0.29, 0.717) is 129 Å². The third-order valence-electron chi connectivity index (χ3n) is 5.14. The first-order valence-corrected chi connectivity index (χ1v) is 13.2. The fourth-order valence-corrected chi connectivity index (χ4v) is 3.33. The van der Waals surface area contributed by atoms with E-state index in [1.165, 1.54) is 12.1 Å². The number of rotatable bonds is 0. The van der Waals surface area contributed by atoms with Crippen LogP contribution in [-0.4, -0.2) is 111 Å². The Kier molecular flexibility index (Phi) is 15.9. The van der Waals surface area contributed by atoms with Crippen LogP contribution in [0.2, 0.25) is 0 Å². The van der Waals surface area contributed by atoms with E-state index in [1.54, 1.807) is 6.07 Å². The largest absolute Gasteiger partial charge is 0.508 e. The van der Waals surface area contributed by atoms with Crippen LogP contribution in [-0.2, 0) is 28.4 Å². The molecule has 0 spiro atoms. The number of fused-ring (bicyclic) bond motifs is 4. The fourth-order valence-electron chi connectivity index (χ4n) is 3.33. The molecule has 3 rings (SSSR count).